The van der Waals surface area contributed by atoms with Gasteiger partial charge in [-0.2, -0.15) is 22.5 Å². The van der Waals surface area contributed by atoms with Gasteiger partial charge in [-0.15, -0.1) is 11.3 Å². The van der Waals surface area contributed by atoms with Crippen LogP contribution in [0.3, 0.4) is 0 Å². The lowest BCUT2D eigenvalue weighted by atomic mass is 10.1. The normalized spacial score (nSPS) is 12.2. The summed E-state index contributed by atoms with van der Waals surface area (Å²) in [5.74, 6) is -2.72. The van der Waals surface area contributed by atoms with Crippen molar-refractivity contribution in [2.24, 2.45) is 0 Å². The molecule has 0 radical (unpaired) electrons. The highest BCUT2D eigenvalue weighted by Crippen LogP contribution is 2.32. The van der Waals surface area contributed by atoms with Crippen molar-refractivity contribution >= 4 is 45.6 Å². The number of aromatic nitrogens is 3. The summed E-state index contributed by atoms with van der Waals surface area (Å²) in [6.45, 7) is 0. The fraction of sp³-hybridized carbons (Fsp3) is 0.200. The summed E-state index contributed by atoms with van der Waals surface area (Å²) in [6, 6.07) is 6.56. The predicted molar refractivity (Wildman–Crippen MR) is 93.8 cm³/mol. The van der Waals surface area contributed by atoms with Crippen molar-refractivity contribution in [2.45, 2.75) is 17.2 Å². The van der Waals surface area contributed by atoms with Gasteiger partial charge in [0.05, 0.1) is 0 Å². The largest absolute Gasteiger partial charge is 0.400 e. The Kier molecular flexibility index (Phi) is 5.60. The molecule has 0 atom stereocenters. The van der Waals surface area contributed by atoms with Gasteiger partial charge >= 0.3 is 22.6 Å². The highest BCUT2D eigenvalue weighted by atomic mass is 35.5. The number of anilines is 1. The number of benzene rings is 1. The van der Waals surface area contributed by atoms with Crippen molar-refractivity contribution in [3.63, 3.8) is 0 Å². The Morgan fingerprint density at radius 2 is 1.86 bits per heavy atom. The van der Waals surface area contributed by atoms with Crippen LogP contribution in [0.2, 0.25) is 0 Å². The van der Waals surface area contributed by atoms with E-state index in [1.54, 1.807) is 24.3 Å². The van der Waals surface area contributed by atoms with E-state index < -0.39 is 22.6 Å². The van der Waals surface area contributed by atoms with Gasteiger partial charge in [0.1, 0.15) is 0 Å². The molecule has 6 nitrogen and oxygen atoms in total. The molecule has 2 aromatic heterocycles. The van der Waals surface area contributed by atoms with Crippen molar-refractivity contribution in [3.8, 4) is 11.4 Å². The van der Waals surface area contributed by atoms with E-state index in [0.717, 1.165) is 16.9 Å². The van der Waals surface area contributed by atoms with E-state index in [1.165, 1.54) is 6.20 Å². The molecule has 148 valence electrons. The maximum absolute atomic E-state index is 12.9. The first-order valence-electron chi connectivity index (χ1n) is 7.35. The van der Waals surface area contributed by atoms with Crippen molar-refractivity contribution in [2.75, 3.05) is 5.32 Å². The van der Waals surface area contributed by atoms with Gasteiger partial charge in [0.25, 0.3) is 0 Å². The van der Waals surface area contributed by atoms with Crippen molar-refractivity contribution < 1.29 is 26.9 Å². The summed E-state index contributed by atoms with van der Waals surface area (Å²) in [7, 11) is 0. The van der Waals surface area contributed by atoms with Gasteiger partial charge in [-0.3, -0.25) is 10.1 Å². The zero-order valence-corrected chi connectivity index (χ0v) is 15.8. The zero-order valence-electron chi connectivity index (χ0n) is 13.4. The van der Waals surface area contributed by atoms with Crippen LogP contribution in [-0.4, -0.2) is 26.4 Å². The van der Waals surface area contributed by atoms with Crippen LogP contribution in [0.15, 0.2) is 35.0 Å². The Balaban J connectivity index is 1.67. The number of thiazole rings is 1. The number of rotatable bonds is 6. The quantitative estimate of drug-likeness (QED) is 0.425. The molecule has 1 aromatic carbocycles. The number of halogens is 6. The molecule has 0 saturated heterocycles. The van der Waals surface area contributed by atoms with Crippen molar-refractivity contribution in [1.29, 1.82) is 0 Å². The molecule has 0 aliphatic rings. The predicted octanol–water partition coefficient (Wildman–Crippen LogP) is 4.84. The number of carbonyl (C=O) groups excluding carboxylic acids is 1. The SMILES string of the molecule is O=C(Nc1ncc(Cc2ccc(-c3noc(C(F)(F)Cl)n3)cc2)s1)C(F)(F)Cl. The van der Waals surface area contributed by atoms with Gasteiger partial charge in [0.15, 0.2) is 5.13 Å². The van der Waals surface area contributed by atoms with Crippen molar-refractivity contribution in [1.82, 2.24) is 15.1 Å². The van der Waals surface area contributed by atoms with Crippen LogP contribution < -0.4 is 5.32 Å². The number of hydrogen-bond acceptors (Lipinski definition) is 6. The third kappa shape index (κ3) is 4.97. The summed E-state index contributed by atoms with van der Waals surface area (Å²) < 4.78 is 55.6. The van der Waals surface area contributed by atoms with Gasteiger partial charge in [-0.1, -0.05) is 29.4 Å². The van der Waals surface area contributed by atoms with Gasteiger partial charge < -0.3 is 4.52 Å². The molecule has 1 N–H and O–H groups in total. The maximum Gasteiger partial charge on any atom is 0.400 e. The standard InChI is InChI=1S/C15H8Cl2F4N4O2S/c16-14(18,19)11(26)24-13-22-6-9(28-13)5-7-1-3-8(4-2-7)10-23-12(27-25-10)15(17,20)21/h1-4,6H,5H2,(H,22,24,26). The number of nitrogens with one attached hydrogen (secondary N) is 1. The third-order valence-electron chi connectivity index (χ3n) is 3.29. The first-order valence-corrected chi connectivity index (χ1v) is 8.93. The minimum atomic E-state index is -4.02. The third-order valence-corrected chi connectivity index (χ3v) is 4.54. The number of carbonyl (C=O) groups is 1. The first kappa shape index (κ1) is 20.5. The summed E-state index contributed by atoms with van der Waals surface area (Å²) in [5, 5.41) is -2.42. The molecular formula is C15H8Cl2F4N4O2S. The van der Waals surface area contributed by atoms with E-state index in [-0.39, 0.29) is 11.0 Å². The highest BCUT2D eigenvalue weighted by molar-refractivity contribution is 7.15. The highest BCUT2D eigenvalue weighted by Gasteiger charge is 2.36. The second kappa shape index (κ2) is 7.64. The Labute approximate surface area is 168 Å². The molecule has 3 rings (SSSR count). The van der Waals surface area contributed by atoms with Crippen LogP contribution in [0.4, 0.5) is 22.7 Å². The Morgan fingerprint density at radius 1 is 1.18 bits per heavy atom. The van der Waals surface area contributed by atoms with Crippen LogP contribution in [0, 0.1) is 0 Å². The van der Waals surface area contributed by atoms with E-state index >= 15 is 0 Å². The smallest absolute Gasteiger partial charge is 0.331 e. The maximum atomic E-state index is 12.9. The van der Waals surface area contributed by atoms with Gasteiger partial charge in [0, 0.05) is 23.1 Å². The van der Waals surface area contributed by atoms with E-state index in [4.69, 9.17) is 11.6 Å². The fourth-order valence-corrected chi connectivity index (χ4v) is 3.01. The Bertz CT molecular complexity index is 983. The molecular weight excluding hydrogens is 447 g/mol. The van der Waals surface area contributed by atoms with Crippen molar-refractivity contribution in [3.05, 3.63) is 46.8 Å². The zero-order chi connectivity index (χ0) is 20.5. The molecule has 1 amide bonds. The van der Waals surface area contributed by atoms with Gasteiger partial charge in [0.2, 0.25) is 5.82 Å². The van der Waals surface area contributed by atoms with Crippen LogP contribution in [0.1, 0.15) is 16.3 Å². The molecule has 0 spiro atoms. The summed E-state index contributed by atoms with van der Waals surface area (Å²) in [5.41, 5.74) is 1.24. The molecule has 0 saturated carbocycles. The second-order valence-electron chi connectivity index (χ2n) is 5.38. The molecule has 13 heteroatoms. The molecule has 0 bridgehead atoms. The number of nitrogens with zero attached hydrogens (tertiary/aromatic N) is 3. The Morgan fingerprint density at radius 3 is 2.43 bits per heavy atom. The minimum Gasteiger partial charge on any atom is -0.331 e. The monoisotopic (exact) mass is 454 g/mol. The minimum absolute atomic E-state index is 0.0155. The van der Waals surface area contributed by atoms with Gasteiger partial charge in [-0.25, -0.2) is 4.98 Å². The topological polar surface area (TPSA) is 80.9 Å². The molecule has 2 heterocycles. The summed E-state index contributed by atoms with van der Waals surface area (Å²) in [6.07, 6.45) is 1.82. The molecule has 3 aromatic rings. The van der Waals surface area contributed by atoms with Gasteiger partial charge in [-0.05, 0) is 28.8 Å². The van der Waals surface area contributed by atoms with E-state index in [1.807, 2.05) is 5.32 Å². The summed E-state index contributed by atoms with van der Waals surface area (Å²) >= 11 is 10.5. The summed E-state index contributed by atoms with van der Waals surface area (Å²) in [4.78, 5) is 19.2. The van der Waals surface area contributed by atoms with E-state index in [2.05, 4.69) is 31.2 Å². The van der Waals surface area contributed by atoms with Crippen LogP contribution >= 0.6 is 34.5 Å². The van der Waals surface area contributed by atoms with E-state index in [0.29, 0.717) is 16.9 Å². The molecule has 0 aliphatic heterocycles. The van der Waals surface area contributed by atoms with E-state index in [9.17, 15) is 22.4 Å². The Hall–Kier alpha value is -2.24. The van der Waals surface area contributed by atoms with Crippen LogP contribution in [0.25, 0.3) is 11.4 Å². The van der Waals surface area contributed by atoms with Crippen LogP contribution in [0.5, 0.6) is 0 Å². The lowest BCUT2D eigenvalue weighted by Gasteiger charge is -2.05. The first-order chi connectivity index (χ1) is 13.0. The molecule has 0 aliphatic carbocycles. The number of alkyl halides is 6. The lowest BCUT2D eigenvalue weighted by molar-refractivity contribution is -0.130. The average molecular weight is 455 g/mol. The second-order valence-corrected chi connectivity index (χ2v) is 7.44. The molecule has 0 unspecified atom stereocenters. The molecule has 0 fully saturated rings. The number of hydrogen-bond donors (Lipinski definition) is 1. The van der Waals surface area contributed by atoms with Crippen LogP contribution in [-0.2, 0) is 16.6 Å². The fourth-order valence-electron chi connectivity index (χ4n) is 2.04. The lowest BCUT2D eigenvalue weighted by Crippen LogP contribution is -2.28. The number of amides is 1. The average Bonchev–Trinajstić information content (AvgIpc) is 3.24. The molecule has 28 heavy (non-hydrogen) atoms.